The van der Waals surface area contributed by atoms with Gasteiger partial charge >= 0.3 is 5.97 Å². The van der Waals surface area contributed by atoms with E-state index in [2.05, 4.69) is 10.1 Å². The Kier molecular flexibility index (Phi) is 3.61. The molecular formula is C11H12N4O3S. The monoisotopic (exact) mass is 280 g/mol. The number of hydrogen-bond acceptors (Lipinski definition) is 5. The number of amides is 1. The highest BCUT2D eigenvalue weighted by Crippen LogP contribution is 2.23. The topological polar surface area (TPSA) is 88.3 Å². The normalized spacial score (nSPS) is 10.4. The molecule has 0 unspecified atom stereocenters. The summed E-state index contributed by atoms with van der Waals surface area (Å²) in [4.78, 5) is 27.8. The first-order chi connectivity index (χ1) is 8.97. The average molecular weight is 280 g/mol. The van der Waals surface area contributed by atoms with Crippen molar-refractivity contribution < 1.29 is 14.7 Å². The summed E-state index contributed by atoms with van der Waals surface area (Å²) in [6.07, 6.45) is 3.46. The van der Waals surface area contributed by atoms with Crippen molar-refractivity contribution in [2.24, 2.45) is 7.05 Å². The van der Waals surface area contributed by atoms with Crippen LogP contribution < -0.4 is 0 Å². The highest BCUT2D eigenvalue weighted by molar-refractivity contribution is 7.13. The third-order valence-corrected chi connectivity index (χ3v) is 3.29. The van der Waals surface area contributed by atoms with E-state index in [4.69, 9.17) is 5.11 Å². The summed E-state index contributed by atoms with van der Waals surface area (Å²) in [7, 11) is 3.23. The Hall–Kier alpha value is -2.22. The number of nitrogens with zero attached hydrogens (tertiary/aromatic N) is 4. The van der Waals surface area contributed by atoms with Crippen LogP contribution in [0.25, 0.3) is 10.6 Å². The SMILES string of the molecule is CN(CC(=O)O)C(=O)c1csc(-c2cnn(C)c2)n1. The van der Waals surface area contributed by atoms with Gasteiger partial charge in [0.1, 0.15) is 17.2 Å². The van der Waals surface area contributed by atoms with E-state index < -0.39 is 11.9 Å². The molecule has 2 aromatic heterocycles. The summed E-state index contributed by atoms with van der Waals surface area (Å²) >= 11 is 1.32. The quantitative estimate of drug-likeness (QED) is 0.890. The molecule has 2 rings (SSSR count). The molecule has 7 nitrogen and oxygen atoms in total. The van der Waals surface area contributed by atoms with E-state index in [1.165, 1.54) is 18.4 Å². The number of hydrogen-bond donors (Lipinski definition) is 1. The molecule has 0 atom stereocenters. The molecule has 0 aromatic carbocycles. The number of carbonyl (C=O) groups excluding carboxylic acids is 1. The van der Waals surface area contributed by atoms with Crippen molar-refractivity contribution in [1.82, 2.24) is 19.7 Å². The fourth-order valence-corrected chi connectivity index (χ4v) is 2.28. The van der Waals surface area contributed by atoms with E-state index in [-0.39, 0.29) is 12.2 Å². The summed E-state index contributed by atoms with van der Waals surface area (Å²) in [5.74, 6) is -1.47. The molecular weight excluding hydrogens is 268 g/mol. The van der Waals surface area contributed by atoms with Gasteiger partial charge in [0.05, 0.1) is 6.20 Å². The van der Waals surface area contributed by atoms with Crippen LogP contribution in [0.15, 0.2) is 17.8 Å². The largest absolute Gasteiger partial charge is 0.480 e. The minimum Gasteiger partial charge on any atom is -0.480 e. The van der Waals surface area contributed by atoms with Gasteiger partial charge in [-0.15, -0.1) is 11.3 Å². The van der Waals surface area contributed by atoms with Crippen LogP contribution in [0.3, 0.4) is 0 Å². The highest BCUT2D eigenvalue weighted by atomic mass is 32.1. The molecule has 0 aliphatic rings. The third-order valence-electron chi connectivity index (χ3n) is 2.39. The van der Waals surface area contributed by atoms with Crippen molar-refractivity contribution in [3.05, 3.63) is 23.5 Å². The fraction of sp³-hybridized carbons (Fsp3) is 0.273. The number of carboxylic acid groups (broad SMARTS) is 1. The number of aromatic nitrogens is 3. The summed E-state index contributed by atoms with van der Waals surface area (Å²) in [6.45, 7) is -0.349. The van der Waals surface area contributed by atoms with Gasteiger partial charge in [-0.2, -0.15) is 5.10 Å². The van der Waals surface area contributed by atoms with Crippen molar-refractivity contribution in [2.75, 3.05) is 13.6 Å². The molecule has 0 saturated carbocycles. The second-order valence-electron chi connectivity index (χ2n) is 4.00. The van der Waals surface area contributed by atoms with Crippen molar-refractivity contribution >= 4 is 23.2 Å². The van der Waals surface area contributed by atoms with Crippen LogP contribution in [0.5, 0.6) is 0 Å². The predicted octanol–water partition coefficient (Wildman–Crippen LogP) is 0.700. The first kappa shape index (κ1) is 13.2. The van der Waals surface area contributed by atoms with E-state index in [1.807, 2.05) is 0 Å². The standard InChI is InChI=1S/C11H12N4O3S/c1-14(5-9(16)17)11(18)8-6-19-10(13-8)7-3-12-15(2)4-7/h3-4,6H,5H2,1-2H3,(H,16,17). The molecule has 0 spiro atoms. The molecule has 1 amide bonds. The number of carbonyl (C=O) groups is 2. The Morgan fingerprint density at radius 1 is 1.53 bits per heavy atom. The zero-order valence-corrected chi connectivity index (χ0v) is 11.2. The van der Waals surface area contributed by atoms with E-state index >= 15 is 0 Å². The Morgan fingerprint density at radius 3 is 2.84 bits per heavy atom. The van der Waals surface area contributed by atoms with Crippen LogP contribution in [0, 0.1) is 0 Å². The van der Waals surface area contributed by atoms with E-state index in [1.54, 1.807) is 29.5 Å². The molecule has 0 bridgehead atoms. The average Bonchev–Trinajstić information content (AvgIpc) is 2.95. The number of rotatable bonds is 4. The number of aryl methyl sites for hydroxylation is 1. The van der Waals surface area contributed by atoms with E-state index in [0.717, 1.165) is 10.5 Å². The molecule has 2 heterocycles. The van der Waals surface area contributed by atoms with Gasteiger partial charge in [-0.1, -0.05) is 0 Å². The summed E-state index contributed by atoms with van der Waals surface area (Å²) in [5.41, 5.74) is 1.07. The minimum atomic E-state index is -1.06. The minimum absolute atomic E-state index is 0.243. The van der Waals surface area contributed by atoms with Gasteiger partial charge in [0.15, 0.2) is 0 Å². The number of carboxylic acids is 1. The first-order valence-electron chi connectivity index (χ1n) is 5.39. The van der Waals surface area contributed by atoms with Crippen LogP contribution in [0.1, 0.15) is 10.5 Å². The van der Waals surface area contributed by atoms with Gasteiger partial charge in [0.2, 0.25) is 0 Å². The molecule has 100 valence electrons. The number of aliphatic carboxylic acids is 1. The zero-order valence-electron chi connectivity index (χ0n) is 10.4. The fourth-order valence-electron chi connectivity index (χ4n) is 1.51. The molecule has 19 heavy (non-hydrogen) atoms. The molecule has 1 N–H and O–H groups in total. The van der Waals surface area contributed by atoms with Crippen LogP contribution in [0.2, 0.25) is 0 Å². The van der Waals surface area contributed by atoms with Crippen molar-refractivity contribution in [3.8, 4) is 10.6 Å². The molecule has 0 aliphatic carbocycles. The highest BCUT2D eigenvalue weighted by Gasteiger charge is 2.18. The van der Waals surface area contributed by atoms with Gasteiger partial charge < -0.3 is 10.0 Å². The van der Waals surface area contributed by atoms with Crippen LogP contribution >= 0.6 is 11.3 Å². The first-order valence-corrected chi connectivity index (χ1v) is 6.27. The summed E-state index contributed by atoms with van der Waals surface area (Å²) in [6, 6.07) is 0. The number of likely N-dealkylation sites (N-methyl/N-ethyl adjacent to an activating group) is 1. The molecule has 0 fully saturated rings. The van der Waals surface area contributed by atoms with Gasteiger partial charge in [-0.3, -0.25) is 14.3 Å². The van der Waals surface area contributed by atoms with Gasteiger partial charge in [-0.05, 0) is 0 Å². The molecule has 2 aromatic rings. The Labute approximate surface area is 113 Å². The van der Waals surface area contributed by atoms with Crippen molar-refractivity contribution in [2.45, 2.75) is 0 Å². The van der Waals surface area contributed by atoms with E-state index in [0.29, 0.717) is 5.01 Å². The summed E-state index contributed by atoms with van der Waals surface area (Å²) in [5, 5.41) is 15.0. The van der Waals surface area contributed by atoms with Crippen LogP contribution in [-0.4, -0.2) is 50.2 Å². The van der Waals surface area contributed by atoms with E-state index in [9.17, 15) is 9.59 Å². The Balaban J connectivity index is 2.17. The second-order valence-corrected chi connectivity index (χ2v) is 4.85. The van der Waals surface area contributed by atoms with Crippen LogP contribution in [0.4, 0.5) is 0 Å². The third kappa shape index (κ3) is 2.97. The maximum atomic E-state index is 11.9. The maximum Gasteiger partial charge on any atom is 0.323 e. The Morgan fingerprint density at radius 2 is 2.26 bits per heavy atom. The van der Waals surface area contributed by atoms with Crippen molar-refractivity contribution in [1.29, 1.82) is 0 Å². The maximum absolute atomic E-state index is 11.9. The van der Waals surface area contributed by atoms with Crippen LogP contribution in [-0.2, 0) is 11.8 Å². The Bertz CT molecular complexity index is 619. The van der Waals surface area contributed by atoms with Crippen molar-refractivity contribution in [3.63, 3.8) is 0 Å². The molecule has 0 aliphatic heterocycles. The second kappa shape index (κ2) is 5.19. The van der Waals surface area contributed by atoms with Gasteiger partial charge in [-0.25, -0.2) is 4.98 Å². The number of thiazole rings is 1. The molecule has 0 saturated heterocycles. The lowest BCUT2D eigenvalue weighted by Gasteiger charge is -2.12. The lowest BCUT2D eigenvalue weighted by Crippen LogP contribution is -2.32. The molecule has 8 heteroatoms. The lowest BCUT2D eigenvalue weighted by molar-refractivity contribution is -0.137. The smallest absolute Gasteiger partial charge is 0.323 e. The van der Waals surface area contributed by atoms with Gasteiger partial charge in [0.25, 0.3) is 5.91 Å². The summed E-state index contributed by atoms with van der Waals surface area (Å²) < 4.78 is 1.65. The zero-order chi connectivity index (χ0) is 14.0. The van der Waals surface area contributed by atoms with Gasteiger partial charge in [0, 0.05) is 31.2 Å². The molecule has 0 radical (unpaired) electrons. The lowest BCUT2D eigenvalue weighted by atomic mass is 10.3. The predicted molar refractivity (Wildman–Crippen MR) is 68.9 cm³/mol.